The predicted octanol–water partition coefficient (Wildman–Crippen LogP) is 3.94. The van der Waals surface area contributed by atoms with E-state index in [1.807, 2.05) is 28.9 Å². The van der Waals surface area contributed by atoms with E-state index in [4.69, 9.17) is 19.4 Å². The molecule has 0 bridgehead atoms. The fourth-order valence-electron chi connectivity index (χ4n) is 4.24. The molecule has 0 fully saturated rings. The van der Waals surface area contributed by atoms with Gasteiger partial charge in [0.05, 0.1) is 22.7 Å². The van der Waals surface area contributed by atoms with Crippen LogP contribution in [0.2, 0.25) is 0 Å². The maximum absolute atomic E-state index is 11.2. The molecule has 0 atom stereocenters. The number of aromatic nitrogens is 6. The number of nitrogens with zero attached hydrogens (tertiary/aromatic N) is 6. The summed E-state index contributed by atoms with van der Waals surface area (Å²) in [5.74, 6) is 1.89. The summed E-state index contributed by atoms with van der Waals surface area (Å²) in [7, 11) is -4.21. The zero-order valence-electron chi connectivity index (χ0n) is 21.2. The zero-order valence-corrected chi connectivity index (χ0v) is 22.0. The van der Waals surface area contributed by atoms with Crippen LogP contribution in [-0.2, 0) is 29.7 Å². The van der Waals surface area contributed by atoms with Gasteiger partial charge in [0.25, 0.3) is 10.1 Å². The summed E-state index contributed by atoms with van der Waals surface area (Å²) in [6.45, 7) is 0.916. The lowest BCUT2D eigenvalue weighted by molar-refractivity contribution is 0.306. The van der Waals surface area contributed by atoms with Crippen LogP contribution >= 0.6 is 0 Å². The van der Waals surface area contributed by atoms with E-state index >= 15 is 0 Å². The van der Waals surface area contributed by atoms with Gasteiger partial charge in [-0.3, -0.25) is 4.55 Å². The maximum Gasteiger partial charge on any atom is 0.294 e. The molecular formula is C26H26N8O5S. The second kappa shape index (κ2) is 10.8. The van der Waals surface area contributed by atoms with Crippen molar-refractivity contribution in [1.82, 2.24) is 35.5 Å². The molecule has 6 N–H and O–H groups in total. The first-order chi connectivity index (χ1) is 18.8. The van der Waals surface area contributed by atoms with Gasteiger partial charge in [0.1, 0.15) is 12.4 Å². The molecule has 6 rings (SSSR count). The third-order valence-corrected chi connectivity index (χ3v) is 7.09. The molecule has 13 nitrogen and oxygen atoms in total. The topological polar surface area (TPSA) is 199 Å². The summed E-state index contributed by atoms with van der Waals surface area (Å²) in [4.78, 5) is 8.94. The molecule has 4 aromatic heterocycles. The number of benzene rings is 2. The van der Waals surface area contributed by atoms with Crippen molar-refractivity contribution in [2.45, 2.75) is 30.9 Å². The molecule has 40 heavy (non-hydrogen) atoms. The molecule has 14 heteroatoms. The van der Waals surface area contributed by atoms with Gasteiger partial charge in [-0.2, -0.15) is 23.0 Å². The van der Waals surface area contributed by atoms with Crippen LogP contribution in [0.5, 0.6) is 5.75 Å². The molecule has 6 aromatic rings. The second-order valence-electron chi connectivity index (χ2n) is 8.88. The van der Waals surface area contributed by atoms with E-state index in [-0.39, 0.29) is 23.6 Å². The van der Waals surface area contributed by atoms with Crippen LogP contribution < -0.4 is 16.6 Å². The summed E-state index contributed by atoms with van der Waals surface area (Å²) in [6, 6.07) is 17.2. The Hall–Kier alpha value is -4.79. The number of anilines is 1. The van der Waals surface area contributed by atoms with Gasteiger partial charge in [0.15, 0.2) is 17.1 Å². The Kier molecular flexibility index (Phi) is 7.21. The van der Waals surface area contributed by atoms with Crippen LogP contribution in [0.25, 0.3) is 28.3 Å². The highest BCUT2D eigenvalue weighted by atomic mass is 32.2. The van der Waals surface area contributed by atoms with Crippen LogP contribution in [0, 0.1) is 0 Å². The third-order valence-electron chi connectivity index (χ3n) is 6.22. The lowest BCUT2D eigenvalue weighted by Gasteiger charge is -2.08. The molecule has 0 unspecified atom stereocenters. The molecule has 0 aliphatic rings. The summed E-state index contributed by atoms with van der Waals surface area (Å²) >= 11 is 0. The first-order valence-electron chi connectivity index (χ1n) is 12.0. The molecule has 0 saturated heterocycles. The Morgan fingerprint density at radius 3 is 2.42 bits per heavy atom. The standard InChI is InChI=1S/C26H23N7O5S.H3N/c27-26-30-24-21(25-29-23(31-33(25)26)22-4-2-14-37-22)15-28-32(24)13-1-3-17-5-9-19(10-6-17)38-16-18-7-11-20(12-8-18)39(34,35)36;/h2,4-12,14-15H,1,3,13,16H2,(H2,27,30)(H,34,35,36);1H3. The van der Waals surface area contributed by atoms with Gasteiger partial charge in [-0.1, -0.05) is 24.3 Å². The number of ether oxygens (including phenoxy) is 1. The Labute approximate surface area is 228 Å². The van der Waals surface area contributed by atoms with E-state index in [0.717, 1.165) is 29.4 Å². The number of fused-ring (bicyclic) bond motifs is 3. The fourth-order valence-corrected chi connectivity index (χ4v) is 4.72. The van der Waals surface area contributed by atoms with Crippen LogP contribution in [0.3, 0.4) is 0 Å². The van der Waals surface area contributed by atoms with Crippen LogP contribution in [0.4, 0.5) is 5.95 Å². The zero-order chi connectivity index (χ0) is 27.0. The Morgan fingerprint density at radius 2 is 1.73 bits per heavy atom. The summed E-state index contributed by atoms with van der Waals surface area (Å²) in [6.07, 6.45) is 4.94. The average Bonchev–Trinajstić information content (AvgIpc) is 3.68. The van der Waals surface area contributed by atoms with Crippen molar-refractivity contribution in [3.8, 4) is 17.3 Å². The van der Waals surface area contributed by atoms with E-state index in [2.05, 4.69) is 20.2 Å². The van der Waals surface area contributed by atoms with Gasteiger partial charge in [0, 0.05) is 6.54 Å². The van der Waals surface area contributed by atoms with Gasteiger partial charge in [-0.15, -0.1) is 5.10 Å². The Bertz CT molecular complexity index is 1860. The molecule has 4 heterocycles. The van der Waals surface area contributed by atoms with E-state index in [1.54, 1.807) is 36.7 Å². The van der Waals surface area contributed by atoms with Crippen molar-refractivity contribution < 1.29 is 22.1 Å². The van der Waals surface area contributed by atoms with E-state index in [1.165, 1.54) is 16.6 Å². The van der Waals surface area contributed by atoms with Crippen molar-refractivity contribution >= 4 is 32.7 Å². The number of furan rings is 1. The van der Waals surface area contributed by atoms with Gasteiger partial charge >= 0.3 is 0 Å². The average molecular weight is 563 g/mol. The molecule has 0 amide bonds. The minimum absolute atomic E-state index is 0. The largest absolute Gasteiger partial charge is 0.489 e. The van der Waals surface area contributed by atoms with Gasteiger partial charge in [-0.05, 0) is 60.4 Å². The lowest BCUT2D eigenvalue weighted by atomic mass is 10.1. The van der Waals surface area contributed by atoms with Crippen molar-refractivity contribution in [3.63, 3.8) is 0 Å². The lowest BCUT2D eigenvalue weighted by Crippen LogP contribution is -2.06. The molecule has 0 saturated carbocycles. The number of nitrogen functional groups attached to an aromatic ring is 1. The Balaban J connectivity index is 0.00000323. The minimum Gasteiger partial charge on any atom is -0.489 e. The SMILES string of the molecule is N.Nc1nc2c(cnn2CCCc2ccc(OCc3ccc(S(=O)(=O)O)cc3)cc2)c2nc(-c3ccco3)nn12. The van der Waals surface area contributed by atoms with Crippen molar-refractivity contribution in [3.05, 3.63) is 84.3 Å². The number of nitrogens with two attached hydrogens (primary N) is 1. The third kappa shape index (κ3) is 5.36. The smallest absolute Gasteiger partial charge is 0.294 e. The molecular weight excluding hydrogens is 536 g/mol. The molecule has 0 aliphatic heterocycles. The quantitative estimate of drug-likeness (QED) is 0.216. The molecule has 0 spiro atoms. The van der Waals surface area contributed by atoms with E-state index < -0.39 is 10.1 Å². The van der Waals surface area contributed by atoms with E-state index in [9.17, 15) is 8.42 Å². The van der Waals surface area contributed by atoms with Crippen molar-refractivity contribution in [1.29, 1.82) is 0 Å². The van der Waals surface area contributed by atoms with Crippen molar-refractivity contribution in [2.75, 3.05) is 5.73 Å². The van der Waals surface area contributed by atoms with E-state index in [0.29, 0.717) is 35.2 Å². The molecule has 0 radical (unpaired) electrons. The highest BCUT2D eigenvalue weighted by molar-refractivity contribution is 7.85. The first-order valence-corrected chi connectivity index (χ1v) is 13.5. The summed E-state index contributed by atoms with van der Waals surface area (Å²) < 4.78 is 45.9. The normalized spacial score (nSPS) is 11.6. The highest BCUT2D eigenvalue weighted by Crippen LogP contribution is 2.24. The van der Waals surface area contributed by atoms with Crippen molar-refractivity contribution in [2.24, 2.45) is 0 Å². The van der Waals surface area contributed by atoms with Gasteiger partial charge in [0.2, 0.25) is 11.8 Å². The number of aryl methyl sites for hydroxylation is 2. The fraction of sp³-hybridized carbons (Fsp3) is 0.154. The Morgan fingerprint density at radius 1 is 0.975 bits per heavy atom. The van der Waals surface area contributed by atoms with Gasteiger partial charge in [-0.25, -0.2) is 9.67 Å². The number of hydrogen-bond donors (Lipinski definition) is 3. The summed E-state index contributed by atoms with van der Waals surface area (Å²) in [5, 5.41) is 9.67. The number of rotatable bonds is 9. The van der Waals surface area contributed by atoms with Gasteiger partial charge < -0.3 is 21.0 Å². The number of hydrogen-bond acceptors (Lipinski definition) is 10. The molecule has 0 aliphatic carbocycles. The monoisotopic (exact) mass is 562 g/mol. The minimum atomic E-state index is -4.21. The maximum atomic E-state index is 11.2. The van der Waals surface area contributed by atoms with Crippen LogP contribution in [0.1, 0.15) is 17.5 Å². The van der Waals surface area contributed by atoms with Crippen LogP contribution in [-0.4, -0.2) is 42.3 Å². The highest BCUT2D eigenvalue weighted by Gasteiger charge is 2.17. The first kappa shape index (κ1) is 26.8. The van der Waals surface area contributed by atoms with Crippen LogP contribution in [0.15, 0.2) is 82.4 Å². The predicted molar refractivity (Wildman–Crippen MR) is 147 cm³/mol. The molecule has 2 aromatic carbocycles. The molecule has 206 valence electrons. The summed E-state index contributed by atoms with van der Waals surface area (Å²) in [5.41, 5.74) is 9.31. The second-order valence-corrected chi connectivity index (χ2v) is 10.3.